The summed E-state index contributed by atoms with van der Waals surface area (Å²) >= 11 is 0. The lowest BCUT2D eigenvalue weighted by atomic mass is 10.1. The first-order valence-corrected chi connectivity index (χ1v) is 8.88. The maximum Gasteiger partial charge on any atom is 0.169 e. The van der Waals surface area contributed by atoms with Gasteiger partial charge in [0.25, 0.3) is 0 Å². The smallest absolute Gasteiger partial charge is 0.169 e. The summed E-state index contributed by atoms with van der Waals surface area (Å²) in [5.41, 5.74) is 4.46. The van der Waals surface area contributed by atoms with E-state index in [1.54, 1.807) is 0 Å². The fourth-order valence-corrected chi connectivity index (χ4v) is 2.97. The molecule has 2 aromatic carbocycles. The molecule has 4 rings (SSSR count). The van der Waals surface area contributed by atoms with E-state index in [-0.39, 0.29) is 6.17 Å². The molecule has 0 fully saturated rings. The van der Waals surface area contributed by atoms with Crippen molar-refractivity contribution in [3.05, 3.63) is 107 Å². The minimum Gasteiger partial charge on any atom is -0.324 e. The predicted octanol–water partition coefficient (Wildman–Crippen LogP) is 4.88. The molecule has 0 bridgehead atoms. The van der Waals surface area contributed by atoms with E-state index in [1.165, 1.54) is 5.56 Å². The molecule has 0 aromatic heterocycles. The lowest BCUT2D eigenvalue weighted by Crippen LogP contribution is -2.36. The normalized spacial score (nSPS) is 19.1. The molecule has 1 unspecified atom stereocenters. The maximum absolute atomic E-state index is 4.88. The van der Waals surface area contributed by atoms with Crippen LogP contribution in [0.1, 0.15) is 29.3 Å². The molecule has 0 saturated carbocycles. The van der Waals surface area contributed by atoms with Crippen molar-refractivity contribution in [3.63, 3.8) is 0 Å². The van der Waals surface area contributed by atoms with E-state index in [1.807, 2.05) is 18.2 Å². The van der Waals surface area contributed by atoms with Gasteiger partial charge in [0.05, 0.1) is 0 Å². The molecule has 2 aromatic rings. The van der Waals surface area contributed by atoms with Crippen LogP contribution in [0.4, 0.5) is 0 Å². The van der Waals surface area contributed by atoms with Crippen LogP contribution >= 0.6 is 0 Å². The van der Waals surface area contributed by atoms with Gasteiger partial charge in [0.15, 0.2) is 6.17 Å². The Balaban J connectivity index is 1.75. The van der Waals surface area contributed by atoms with Crippen LogP contribution in [0.25, 0.3) is 0 Å². The summed E-state index contributed by atoms with van der Waals surface area (Å²) in [6.45, 7) is 2.09. The fraction of sp³-hybridized carbons (Fsp3) is 0.130. The van der Waals surface area contributed by atoms with Crippen LogP contribution in [-0.2, 0) is 0 Å². The Morgan fingerprint density at radius 2 is 1.65 bits per heavy atom. The van der Waals surface area contributed by atoms with Gasteiger partial charge in [-0.1, -0.05) is 90.5 Å². The van der Waals surface area contributed by atoms with E-state index in [4.69, 9.17) is 9.98 Å². The van der Waals surface area contributed by atoms with E-state index in [9.17, 15) is 0 Å². The van der Waals surface area contributed by atoms with Gasteiger partial charge >= 0.3 is 0 Å². The Bertz CT molecular complexity index is 929. The summed E-state index contributed by atoms with van der Waals surface area (Å²) in [5.74, 6) is 1.71. The van der Waals surface area contributed by atoms with E-state index in [0.29, 0.717) is 0 Å². The van der Waals surface area contributed by atoms with Gasteiger partial charge in [-0.25, -0.2) is 9.98 Å². The first-order valence-electron chi connectivity index (χ1n) is 8.88. The van der Waals surface area contributed by atoms with E-state index >= 15 is 0 Å². The number of hydrogen-bond donors (Lipinski definition) is 1. The standard InChI is InChI=1S/C23H21N3/c1-17-13-15-20(16-14-17)23-25-21(18-9-5-2-3-6-10-18)24-22(26-23)19-11-7-4-8-12-19/h2,4-16,22H,3H2,1H3,(H,24,25,26). The van der Waals surface area contributed by atoms with Gasteiger partial charge in [-0.2, -0.15) is 0 Å². The number of benzene rings is 2. The van der Waals surface area contributed by atoms with Crippen LogP contribution in [-0.4, -0.2) is 11.7 Å². The zero-order valence-corrected chi connectivity index (χ0v) is 14.8. The van der Waals surface area contributed by atoms with Crippen LogP contribution in [0.5, 0.6) is 0 Å². The molecule has 1 N–H and O–H groups in total. The molecule has 3 heteroatoms. The second-order valence-electron chi connectivity index (χ2n) is 6.42. The zero-order valence-electron chi connectivity index (χ0n) is 14.8. The zero-order chi connectivity index (χ0) is 17.8. The van der Waals surface area contributed by atoms with Crippen LogP contribution in [0.2, 0.25) is 0 Å². The van der Waals surface area contributed by atoms with Crippen molar-refractivity contribution >= 4 is 11.7 Å². The molecule has 1 heterocycles. The highest BCUT2D eigenvalue weighted by Gasteiger charge is 2.20. The third kappa shape index (κ3) is 3.57. The number of amidine groups is 2. The average Bonchev–Trinajstić information content (AvgIpc) is 2.98. The van der Waals surface area contributed by atoms with Crippen LogP contribution in [0.15, 0.2) is 101 Å². The number of allylic oxidation sites excluding steroid dienone is 4. The summed E-state index contributed by atoms with van der Waals surface area (Å²) in [5, 5.41) is 3.43. The first-order chi connectivity index (χ1) is 12.8. The summed E-state index contributed by atoms with van der Waals surface area (Å²) in [6, 6.07) is 18.6. The van der Waals surface area contributed by atoms with Gasteiger partial charge in [-0.15, -0.1) is 0 Å². The third-order valence-corrected chi connectivity index (χ3v) is 4.42. The molecule has 0 spiro atoms. The van der Waals surface area contributed by atoms with Gasteiger partial charge in [-0.3, -0.25) is 0 Å². The topological polar surface area (TPSA) is 36.8 Å². The minimum atomic E-state index is -0.245. The minimum absolute atomic E-state index is 0.245. The van der Waals surface area contributed by atoms with Gasteiger partial charge in [0.1, 0.15) is 11.7 Å². The Morgan fingerprint density at radius 1 is 0.885 bits per heavy atom. The maximum atomic E-state index is 4.88. The molecule has 0 amide bonds. The molecule has 2 aliphatic rings. The van der Waals surface area contributed by atoms with Crippen LogP contribution in [0.3, 0.4) is 0 Å². The second-order valence-corrected chi connectivity index (χ2v) is 6.42. The highest BCUT2D eigenvalue weighted by Crippen LogP contribution is 2.24. The molecule has 1 aliphatic carbocycles. The van der Waals surface area contributed by atoms with Crippen molar-refractivity contribution in [2.45, 2.75) is 19.5 Å². The van der Waals surface area contributed by atoms with Crippen LogP contribution < -0.4 is 5.32 Å². The molecule has 0 radical (unpaired) electrons. The second kappa shape index (κ2) is 7.36. The summed E-state index contributed by atoms with van der Waals surface area (Å²) in [7, 11) is 0. The molecule has 26 heavy (non-hydrogen) atoms. The fourth-order valence-electron chi connectivity index (χ4n) is 2.97. The quantitative estimate of drug-likeness (QED) is 0.850. The Hall–Kier alpha value is -3.20. The molecule has 128 valence electrons. The van der Waals surface area contributed by atoms with E-state index < -0.39 is 0 Å². The number of aliphatic imine (C=N–C) groups is 2. The van der Waals surface area contributed by atoms with Crippen molar-refractivity contribution in [2.75, 3.05) is 0 Å². The van der Waals surface area contributed by atoms with Gasteiger partial charge in [0.2, 0.25) is 0 Å². The number of nitrogens with zero attached hydrogens (tertiary/aromatic N) is 2. The third-order valence-electron chi connectivity index (χ3n) is 4.42. The van der Waals surface area contributed by atoms with Crippen molar-refractivity contribution in [1.82, 2.24) is 5.32 Å². The average molecular weight is 339 g/mol. The van der Waals surface area contributed by atoms with Crippen molar-refractivity contribution < 1.29 is 0 Å². The van der Waals surface area contributed by atoms with E-state index in [2.05, 4.69) is 79.0 Å². The molecular weight excluding hydrogens is 318 g/mol. The van der Waals surface area contributed by atoms with Gasteiger partial charge in [0, 0.05) is 11.1 Å². The molecule has 1 atom stereocenters. The number of nitrogens with one attached hydrogen (secondary N) is 1. The van der Waals surface area contributed by atoms with E-state index in [0.717, 1.165) is 34.8 Å². The van der Waals surface area contributed by atoms with Crippen molar-refractivity contribution in [2.24, 2.45) is 9.98 Å². The van der Waals surface area contributed by atoms with Gasteiger partial charge < -0.3 is 5.32 Å². The van der Waals surface area contributed by atoms with Crippen LogP contribution in [0, 0.1) is 6.92 Å². The summed E-state index contributed by atoms with van der Waals surface area (Å²) in [4.78, 5) is 9.74. The highest BCUT2D eigenvalue weighted by atomic mass is 15.2. The van der Waals surface area contributed by atoms with Crippen molar-refractivity contribution in [3.8, 4) is 0 Å². The first kappa shape index (κ1) is 16.3. The number of rotatable bonds is 3. The molecule has 3 nitrogen and oxygen atoms in total. The Morgan fingerprint density at radius 3 is 2.46 bits per heavy atom. The van der Waals surface area contributed by atoms with Crippen molar-refractivity contribution in [1.29, 1.82) is 0 Å². The lowest BCUT2D eigenvalue weighted by molar-refractivity contribution is 0.756. The monoisotopic (exact) mass is 339 g/mol. The number of aryl methyl sites for hydroxylation is 1. The SMILES string of the molecule is Cc1ccc(C2=NC(c3ccccc3)N=C(C3=CC=CCC=C3)N2)cc1. The number of hydrogen-bond acceptors (Lipinski definition) is 3. The Labute approximate surface area is 154 Å². The van der Waals surface area contributed by atoms with Gasteiger partial charge in [-0.05, 0) is 18.9 Å². The molecular formula is C23H21N3. The molecule has 1 aliphatic heterocycles. The highest BCUT2D eigenvalue weighted by molar-refractivity contribution is 6.16. The Kier molecular flexibility index (Phi) is 4.61. The lowest BCUT2D eigenvalue weighted by Gasteiger charge is -2.22. The molecule has 0 saturated heterocycles. The summed E-state index contributed by atoms with van der Waals surface area (Å²) < 4.78 is 0. The summed E-state index contributed by atoms with van der Waals surface area (Å²) in [6.07, 6.45) is 11.3. The largest absolute Gasteiger partial charge is 0.324 e. The predicted molar refractivity (Wildman–Crippen MR) is 108 cm³/mol.